The molecular weight excluding hydrogens is 342 g/mol. The Morgan fingerprint density at radius 3 is 2.73 bits per heavy atom. The van der Waals surface area contributed by atoms with Crippen molar-refractivity contribution < 1.29 is 23.1 Å². The van der Waals surface area contributed by atoms with Crippen LogP contribution >= 0.6 is 0 Å². The molecule has 0 aromatic heterocycles. The van der Waals surface area contributed by atoms with E-state index < -0.39 is 23.6 Å². The van der Waals surface area contributed by atoms with Crippen LogP contribution in [0.1, 0.15) is 38.2 Å². The van der Waals surface area contributed by atoms with Gasteiger partial charge in [-0.25, -0.2) is 18.4 Å². The molecule has 0 saturated carbocycles. The molecule has 2 heterocycles. The average molecular weight is 364 g/mol. The molecule has 26 heavy (non-hydrogen) atoms. The van der Waals surface area contributed by atoms with E-state index in [2.05, 4.69) is 5.32 Å². The predicted octanol–water partition coefficient (Wildman–Crippen LogP) is 3.25. The number of urea groups is 1. The summed E-state index contributed by atoms with van der Waals surface area (Å²) >= 11 is 0. The lowest BCUT2D eigenvalue weighted by Crippen LogP contribution is -2.51. The highest BCUT2D eigenvalue weighted by Gasteiger charge is 2.46. The third kappa shape index (κ3) is 3.18. The Balaban J connectivity index is 2.05. The smallest absolute Gasteiger partial charge is 0.336 e. The van der Waals surface area contributed by atoms with Gasteiger partial charge < -0.3 is 15.0 Å². The summed E-state index contributed by atoms with van der Waals surface area (Å²) in [6.07, 6.45) is 2.47. The van der Waals surface area contributed by atoms with Crippen molar-refractivity contribution in [1.29, 1.82) is 0 Å². The van der Waals surface area contributed by atoms with Crippen LogP contribution in [0.3, 0.4) is 0 Å². The number of nitrogens with zero attached hydrogens (tertiary/aromatic N) is 1. The first-order valence-electron chi connectivity index (χ1n) is 8.80. The van der Waals surface area contributed by atoms with E-state index >= 15 is 0 Å². The summed E-state index contributed by atoms with van der Waals surface area (Å²) < 4.78 is 32.5. The highest BCUT2D eigenvalue weighted by molar-refractivity contribution is 6.01. The van der Waals surface area contributed by atoms with E-state index in [1.165, 1.54) is 19.2 Å². The van der Waals surface area contributed by atoms with Crippen molar-refractivity contribution >= 4 is 17.6 Å². The average Bonchev–Trinajstić information content (AvgIpc) is 2.93. The lowest BCUT2D eigenvalue weighted by Gasteiger charge is -2.37. The van der Waals surface area contributed by atoms with Gasteiger partial charge >= 0.3 is 12.0 Å². The number of rotatable bonds is 4. The molecule has 7 heteroatoms. The van der Waals surface area contributed by atoms with Gasteiger partial charge in [0.25, 0.3) is 0 Å². The second kappa shape index (κ2) is 7.43. The van der Waals surface area contributed by atoms with Crippen molar-refractivity contribution in [2.24, 2.45) is 0 Å². The third-order valence-electron chi connectivity index (χ3n) is 5.02. The first-order chi connectivity index (χ1) is 12.5. The summed E-state index contributed by atoms with van der Waals surface area (Å²) in [7, 11) is 1.26. The first-order valence-corrected chi connectivity index (χ1v) is 8.80. The molecule has 2 aliphatic rings. The Morgan fingerprint density at radius 1 is 1.31 bits per heavy atom. The van der Waals surface area contributed by atoms with Gasteiger partial charge in [0.2, 0.25) is 0 Å². The van der Waals surface area contributed by atoms with Crippen molar-refractivity contribution in [2.45, 2.75) is 44.7 Å². The van der Waals surface area contributed by atoms with Gasteiger partial charge in [-0.3, -0.25) is 0 Å². The lowest BCUT2D eigenvalue weighted by molar-refractivity contribution is -0.136. The molecule has 2 atom stereocenters. The molecule has 3 rings (SSSR count). The Labute approximate surface area is 151 Å². The van der Waals surface area contributed by atoms with Crippen molar-refractivity contribution in [3.63, 3.8) is 0 Å². The van der Waals surface area contributed by atoms with Crippen LogP contribution in [-0.4, -0.2) is 42.6 Å². The number of hydrogen-bond acceptors (Lipinski definition) is 3. The predicted molar refractivity (Wildman–Crippen MR) is 92.2 cm³/mol. The Bertz CT molecular complexity index is 763. The number of nitrogens with one attached hydrogen (secondary N) is 1. The van der Waals surface area contributed by atoms with Crippen LogP contribution in [0.5, 0.6) is 0 Å². The van der Waals surface area contributed by atoms with Crippen molar-refractivity contribution in [2.75, 3.05) is 13.7 Å². The lowest BCUT2D eigenvalue weighted by atomic mass is 9.88. The minimum Gasteiger partial charge on any atom is -0.466 e. The number of carbonyl (C=O) groups excluding carboxylic acids is 2. The number of amides is 2. The molecule has 0 aliphatic carbocycles. The zero-order valence-electron chi connectivity index (χ0n) is 14.9. The fourth-order valence-electron chi connectivity index (χ4n) is 3.90. The monoisotopic (exact) mass is 364 g/mol. The highest BCUT2D eigenvalue weighted by Crippen LogP contribution is 2.44. The summed E-state index contributed by atoms with van der Waals surface area (Å²) in [5.41, 5.74) is 0.983. The maximum absolute atomic E-state index is 14.4. The second-order valence-electron chi connectivity index (χ2n) is 6.60. The highest BCUT2D eigenvalue weighted by atomic mass is 19.1. The van der Waals surface area contributed by atoms with Gasteiger partial charge in [-0.1, -0.05) is 6.92 Å². The fraction of sp³-hybridized carbons (Fsp3) is 0.474. The van der Waals surface area contributed by atoms with E-state index in [1.54, 1.807) is 4.90 Å². The number of benzene rings is 1. The molecule has 5 nitrogen and oxygen atoms in total. The van der Waals surface area contributed by atoms with Gasteiger partial charge in [-0.05, 0) is 43.4 Å². The zero-order chi connectivity index (χ0) is 18.8. The van der Waals surface area contributed by atoms with Crippen LogP contribution in [0.2, 0.25) is 0 Å². The van der Waals surface area contributed by atoms with Gasteiger partial charge in [0.1, 0.15) is 11.6 Å². The topological polar surface area (TPSA) is 58.6 Å². The molecule has 1 aromatic rings. The molecule has 1 aromatic carbocycles. The van der Waals surface area contributed by atoms with Crippen LogP contribution < -0.4 is 5.32 Å². The van der Waals surface area contributed by atoms with E-state index in [1.807, 2.05) is 6.92 Å². The fourth-order valence-corrected chi connectivity index (χ4v) is 3.90. The minimum absolute atomic E-state index is 0.121. The number of esters is 1. The Morgan fingerprint density at radius 2 is 2.08 bits per heavy atom. The van der Waals surface area contributed by atoms with E-state index in [0.29, 0.717) is 30.5 Å². The standard InChI is InChI=1S/C19H22F2N2O3/c1-3-8-22-19(25)23-12-5-7-16(23)17(18(24)26-2)14(10-12)13-6-4-11(20)9-15(13)21/h4,6,9,12,16H,3,5,7-8,10H2,1-2H3,(H,22,25)/t12-,16+/m0/s1. The molecule has 2 amide bonds. The van der Waals surface area contributed by atoms with E-state index in [9.17, 15) is 18.4 Å². The van der Waals surface area contributed by atoms with Crippen LogP contribution in [0.15, 0.2) is 23.8 Å². The van der Waals surface area contributed by atoms with Crippen LogP contribution in [-0.2, 0) is 9.53 Å². The second-order valence-corrected chi connectivity index (χ2v) is 6.60. The summed E-state index contributed by atoms with van der Waals surface area (Å²) in [6.45, 7) is 2.51. The van der Waals surface area contributed by atoms with Gasteiger partial charge in [-0.2, -0.15) is 0 Å². The number of halogens is 2. The van der Waals surface area contributed by atoms with Crippen molar-refractivity contribution in [3.05, 3.63) is 41.0 Å². The van der Waals surface area contributed by atoms with Crippen LogP contribution in [0, 0.1) is 11.6 Å². The molecule has 2 aliphatic heterocycles. The molecule has 1 N–H and O–H groups in total. The van der Waals surface area contributed by atoms with Gasteiger partial charge in [0.15, 0.2) is 0 Å². The summed E-state index contributed by atoms with van der Waals surface area (Å²) in [6, 6.07) is 2.51. The normalized spacial score (nSPS) is 21.8. The number of ether oxygens (including phenoxy) is 1. The number of carbonyl (C=O) groups is 2. The summed E-state index contributed by atoms with van der Waals surface area (Å²) in [5.74, 6) is -1.97. The minimum atomic E-state index is -0.718. The SMILES string of the molecule is CCCNC(=O)N1[C@H]2CC[C@@H]1C(C(=O)OC)=C(c1ccc(F)cc1F)C2. The quantitative estimate of drug-likeness (QED) is 0.835. The molecule has 2 bridgehead atoms. The van der Waals surface area contributed by atoms with E-state index in [4.69, 9.17) is 4.74 Å². The van der Waals surface area contributed by atoms with Gasteiger partial charge in [-0.15, -0.1) is 0 Å². The first kappa shape index (κ1) is 18.4. The van der Waals surface area contributed by atoms with Crippen LogP contribution in [0.4, 0.5) is 13.6 Å². The molecule has 0 spiro atoms. The summed E-state index contributed by atoms with van der Waals surface area (Å²) in [5, 5.41) is 2.84. The molecule has 140 valence electrons. The maximum atomic E-state index is 14.4. The molecule has 0 radical (unpaired) electrons. The molecule has 1 fully saturated rings. The van der Waals surface area contributed by atoms with Gasteiger partial charge in [0, 0.05) is 24.2 Å². The molecule has 0 unspecified atom stereocenters. The Kier molecular flexibility index (Phi) is 5.25. The number of fused-ring (bicyclic) bond motifs is 2. The van der Waals surface area contributed by atoms with Crippen LogP contribution in [0.25, 0.3) is 5.57 Å². The van der Waals surface area contributed by atoms with Crippen molar-refractivity contribution in [3.8, 4) is 0 Å². The van der Waals surface area contributed by atoms with Gasteiger partial charge in [0.05, 0.1) is 18.7 Å². The zero-order valence-corrected chi connectivity index (χ0v) is 14.9. The molecule has 1 saturated heterocycles. The summed E-state index contributed by atoms with van der Waals surface area (Å²) in [4.78, 5) is 26.7. The number of methoxy groups -OCH3 is 1. The van der Waals surface area contributed by atoms with E-state index in [0.717, 1.165) is 18.9 Å². The maximum Gasteiger partial charge on any atom is 0.336 e. The molecular formula is C19H22F2N2O3. The van der Waals surface area contributed by atoms with E-state index in [-0.39, 0.29) is 17.6 Å². The van der Waals surface area contributed by atoms with Crippen molar-refractivity contribution in [1.82, 2.24) is 10.2 Å². The number of hydrogen-bond donors (Lipinski definition) is 1. The Hall–Kier alpha value is -2.44. The third-order valence-corrected chi connectivity index (χ3v) is 5.02. The largest absolute Gasteiger partial charge is 0.466 e.